The summed E-state index contributed by atoms with van der Waals surface area (Å²) in [5, 5.41) is 0. The third kappa shape index (κ3) is 1.72. The maximum absolute atomic E-state index is 5.25. The Hall–Kier alpha value is -1.57. The summed E-state index contributed by atoms with van der Waals surface area (Å²) in [5.41, 5.74) is 0.794. The molecule has 0 bridgehead atoms. The van der Waals surface area contributed by atoms with Crippen LogP contribution in [0.25, 0.3) is 12.2 Å². The molecule has 2 heteroatoms. The molecule has 0 aliphatic heterocycles. The van der Waals surface area contributed by atoms with Crippen LogP contribution in [-0.2, 0) is 0 Å². The summed E-state index contributed by atoms with van der Waals surface area (Å²) >= 11 is 0. The molecule has 0 atom stereocenters. The summed E-state index contributed by atoms with van der Waals surface area (Å²) in [6, 6.07) is 0. The number of hydrogen-bond acceptors (Lipinski definition) is 2. The Bertz CT molecular complexity index is 321. The quantitative estimate of drug-likeness (QED) is 0.637. The maximum atomic E-state index is 5.25. The lowest BCUT2D eigenvalue weighted by Crippen LogP contribution is -1.74. The fraction of sp³-hybridized carbons (Fsp3) is 0.100. The van der Waals surface area contributed by atoms with Gasteiger partial charge in [-0.1, -0.05) is 25.3 Å². The molecule has 1 heterocycles. The van der Waals surface area contributed by atoms with Crippen molar-refractivity contribution in [1.29, 1.82) is 0 Å². The largest absolute Gasteiger partial charge is 0.441 e. The van der Waals surface area contributed by atoms with E-state index < -0.39 is 0 Å². The zero-order valence-electron chi connectivity index (χ0n) is 7.08. The topological polar surface area (TPSA) is 26.0 Å². The smallest absolute Gasteiger partial charge is 0.192 e. The van der Waals surface area contributed by atoms with Crippen LogP contribution in [-0.4, -0.2) is 4.98 Å². The second kappa shape index (κ2) is 3.72. The molecule has 0 aliphatic rings. The zero-order chi connectivity index (χ0) is 8.97. The van der Waals surface area contributed by atoms with Gasteiger partial charge in [-0.05, 0) is 12.2 Å². The summed E-state index contributed by atoms with van der Waals surface area (Å²) in [5.74, 6) is 1.35. The van der Waals surface area contributed by atoms with Crippen molar-refractivity contribution in [3.63, 3.8) is 0 Å². The van der Waals surface area contributed by atoms with Crippen LogP contribution in [0.15, 0.2) is 29.7 Å². The monoisotopic (exact) mass is 161 g/mol. The average molecular weight is 161 g/mol. The highest BCUT2D eigenvalue weighted by molar-refractivity contribution is 5.58. The van der Waals surface area contributed by atoms with Crippen molar-refractivity contribution < 1.29 is 4.42 Å². The lowest BCUT2D eigenvalue weighted by Gasteiger charge is -1.83. The fourth-order valence-corrected chi connectivity index (χ4v) is 0.884. The minimum Gasteiger partial charge on any atom is -0.441 e. The zero-order valence-corrected chi connectivity index (χ0v) is 7.08. The molecule has 0 fully saturated rings. The first kappa shape index (κ1) is 8.53. The molecule has 12 heavy (non-hydrogen) atoms. The molecular formula is C10H11NO. The van der Waals surface area contributed by atoms with Crippen LogP contribution in [0.2, 0.25) is 0 Å². The first-order valence-corrected chi connectivity index (χ1v) is 3.67. The van der Waals surface area contributed by atoms with Crippen LogP contribution in [0.3, 0.4) is 0 Å². The van der Waals surface area contributed by atoms with E-state index >= 15 is 0 Å². The number of allylic oxidation sites excluding steroid dienone is 2. The minimum atomic E-state index is 0.647. The summed E-state index contributed by atoms with van der Waals surface area (Å²) in [6.07, 6.45) is 6.98. The molecule has 0 unspecified atom stereocenters. The molecule has 0 saturated carbocycles. The molecule has 1 aromatic rings. The molecule has 62 valence electrons. The van der Waals surface area contributed by atoms with Gasteiger partial charge in [-0.2, -0.15) is 0 Å². The SMILES string of the molecule is C=C/C=C\c1nc(C)oc1C=C. The highest BCUT2D eigenvalue weighted by Crippen LogP contribution is 2.13. The Balaban J connectivity index is 3.04. The van der Waals surface area contributed by atoms with Crippen LogP contribution in [0.5, 0.6) is 0 Å². The van der Waals surface area contributed by atoms with Crippen LogP contribution in [0, 0.1) is 6.92 Å². The Morgan fingerprint density at radius 1 is 1.42 bits per heavy atom. The first-order chi connectivity index (χ1) is 5.77. The Morgan fingerprint density at radius 3 is 2.75 bits per heavy atom. The van der Waals surface area contributed by atoms with Gasteiger partial charge in [-0.3, -0.25) is 0 Å². The van der Waals surface area contributed by atoms with E-state index in [2.05, 4.69) is 18.1 Å². The van der Waals surface area contributed by atoms with Crippen LogP contribution in [0.1, 0.15) is 17.3 Å². The van der Waals surface area contributed by atoms with E-state index in [9.17, 15) is 0 Å². The van der Waals surface area contributed by atoms with Gasteiger partial charge >= 0.3 is 0 Å². The summed E-state index contributed by atoms with van der Waals surface area (Å²) in [6.45, 7) is 8.99. The van der Waals surface area contributed by atoms with E-state index in [-0.39, 0.29) is 0 Å². The van der Waals surface area contributed by atoms with Gasteiger partial charge in [0.15, 0.2) is 11.7 Å². The van der Waals surface area contributed by atoms with Crippen molar-refractivity contribution in [3.8, 4) is 0 Å². The average Bonchev–Trinajstić information content (AvgIpc) is 2.42. The number of aromatic nitrogens is 1. The van der Waals surface area contributed by atoms with Gasteiger partial charge in [0.1, 0.15) is 5.69 Å². The van der Waals surface area contributed by atoms with Gasteiger partial charge in [0.05, 0.1) is 0 Å². The van der Waals surface area contributed by atoms with Gasteiger partial charge in [0.25, 0.3) is 0 Å². The van der Waals surface area contributed by atoms with Crippen LogP contribution in [0.4, 0.5) is 0 Å². The Labute approximate surface area is 71.9 Å². The molecule has 0 saturated heterocycles. The van der Waals surface area contributed by atoms with Crippen molar-refractivity contribution >= 4 is 12.2 Å². The van der Waals surface area contributed by atoms with Crippen molar-refractivity contribution in [2.24, 2.45) is 0 Å². The molecular weight excluding hydrogens is 150 g/mol. The highest BCUT2D eigenvalue weighted by Gasteiger charge is 2.02. The summed E-state index contributed by atoms with van der Waals surface area (Å²) in [7, 11) is 0. The Morgan fingerprint density at radius 2 is 2.17 bits per heavy atom. The maximum Gasteiger partial charge on any atom is 0.192 e. The summed E-state index contributed by atoms with van der Waals surface area (Å²) < 4.78 is 5.25. The molecule has 1 aromatic heterocycles. The number of oxazole rings is 1. The van der Waals surface area contributed by atoms with Crippen LogP contribution >= 0.6 is 0 Å². The molecule has 0 amide bonds. The second-order valence-corrected chi connectivity index (χ2v) is 2.28. The number of rotatable bonds is 3. The van der Waals surface area contributed by atoms with E-state index in [1.807, 2.05) is 12.2 Å². The van der Waals surface area contributed by atoms with E-state index in [1.54, 1.807) is 19.1 Å². The van der Waals surface area contributed by atoms with Crippen LogP contribution < -0.4 is 0 Å². The van der Waals surface area contributed by atoms with Gasteiger partial charge in [-0.15, -0.1) is 0 Å². The standard InChI is InChI=1S/C10H11NO/c1-4-6-7-9-10(5-2)12-8(3)11-9/h4-7H,1-2H2,3H3/b7-6-. The molecule has 0 aliphatic carbocycles. The molecule has 0 spiro atoms. The molecule has 1 rings (SSSR count). The van der Waals surface area contributed by atoms with Gasteiger partial charge < -0.3 is 4.42 Å². The predicted octanol–water partition coefficient (Wildman–Crippen LogP) is 2.83. The lowest BCUT2D eigenvalue weighted by atomic mass is 10.3. The van der Waals surface area contributed by atoms with Gasteiger partial charge in [0, 0.05) is 6.92 Å². The minimum absolute atomic E-state index is 0.647. The molecule has 2 nitrogen and oxygen atoms in total. The normalized spacial score (nSPS) is 10.4. The Kier molecular flexibility index (Phi) is 2.64. The number of hydrogen-bond donors (Lipinski definition) is 0. The first-order valence-electron chi connectivity index (χ1n) is 3.67. The van der Waals surface area contributed by atoms with Crippen molar-refractivity contribution in [1.82, 2.24) is 4.98 Å². The van der Waals surface area contributed by atoms with Gasteiger partial charge in [-0.25, -0.2) is 4.98 Å². The number of nitrogens with zero attached hydrogens (tertiary/aromatic N) is 1. The van der Waals surface area contributed by atoms with E-state index in [4.69, 9.17) is 4.42 Å². The van der Waals surface area contributed by atoms with E-state index in [0.717, 1.165) is 5.69 Å². The van der Waals surface area contributed by atoms with Crippen molar-refractivity contribution in [2.75, 3.05) is 0 Å². The third-order valence-electron chi connectivity index (χ3n) is 1.36. The third-order valence-corrected chi connectivity index (χ3v) is 1.36. The predicted molar refractivity (Wildman–Crippen MR) is 50.6 cm³/mol. The second-order valence-electron chi connectivity index (χ2n) is 2.28. The lowest BCUT2D eigenvalue weighted by molar-refractivity contribution is 0.513. The number of aryl methyl sites for hydroxylation is 1. The molecule has 0 aromatic carbocycles. The fourth-order valence-electron chi connectivity index (χ4n) is 0.884. The highest BCUT2D eigenvalue weighted by atomic mass is 16.4. The van der Waals surface area contributed by atoms with E-state index in [1.165, 1.54) is 0 Å². The van der Waals surface area contributed by atoms with E-state index in [0.29, 0.717) is 11.7 Å². The van der Waals surface area contributed by atoms with Crippen molar-refractivity contribution in [2.45, 2.75) is 6.92 Å². The molecule has 0 radical (unpaired) electrons. The van der Waals surface area contributed by atoms with Crippen molar-refractivity contribution in [3.05, 3.63) is 42.7 Å². The summed E-state index contributed by atoms with van der Waals surface area (Å²) in [4.78, 5) is 4.15. The van der Waals surface area contributed by atoms with Gasteiger partial charge in [0.2, 0.25) is 0 Å². The molecule has 0 N–H and O–H groups in total.